The van der Waals surface area contributed by atoms with Crippen LogP contribution in [0.15, 0.2) is 84.6 Å². The molecule has 1 aliphatic rings. The van der Waals surface area contributed by atoms with Crippen LogP contribution in [0.3, 0.4) is 0 Å². The Morgan fingerprint density at radius 1 is 1.00 bits per heavy atom. The number of anilines is 1. The Morgan fingerprint density at radius 3 is 2.29 bits per heavy atom. The van der Waals surface area contributed by atoms with Gasteiger partial charge in [-0.15, -0.1) is 0 Å². The molecule has 5 heteroatoms. The van der Waals surface area contributed by atoms with Crippen molar-refractivity contribution >= 4 is 23.6 Å². The van der Waals surface area contributed by atoms with Crippen molar-refractivity contribution in [1.82, 2.24) is 5.32 Å². The molecule has 0 saturated carbocycles. The number of hydrogen-bond donors (Lipinski definition) is 1. The quantitative estimate of drug-likeness (QED) is 0.509. The summed E-state index contributed by atoms with van der Waals surface area (Å²) < 4.78 is 6.02. The molecule has 0 bridgehead atoms. The lowest BCUT2D eigenvalue weighted by Gasteiger charge is -2.32. The van der Waals surface area contributed by atoms with Crippen LogP contribution in [0.2, 0.25) is 0 Å². The van der Waals surface area contributed by atoms with Gasteiger partial charge in [0.25, 0.3) is 5.91 Å². The Bertz CT molecular complexity index is 1210. The van der Waals surface area contributed by atoms with Gasteiger partial charge in [-0.3, -0.25) is 14.5 Å². The Kier molecular flexibility index (Phi) is 6.55. The maximum atomic E-state index is 13.5. The van der Waals surface area contributed by atoms with Gasteiger partial charge in [-0.2, -0.15) is 0 Å². The van der Waals surface area contributed by atoms with E-state index in [9.17, 15) is 9.59 Å². The number of amides is 2. The van der Waals surface area contributed by atoms with E-state index in [0.717, 1.165) is 16.7 Å². The summed E-state index contributed by atoms with van der Waals surface area (Å²) in [6.45, 7) is 8.16. The molecule has 1 atom stereocenters. The normalized spacial score (nSPS) is 15.5. The standard InChI is InChI=1S/C29H30N2O3/c1-20(22-13-9-6-10-14-22)30-27(32)19-31-24-18-23(29(2,3)4)15-16-25(24)34-26(28(31)33)17-21-11-7-5-8-12-21/h5-18,20H,19H2,1-4H3,(H,30,32)/b26-17-/t20-/m1/s1. The molecule has 5 nitrogen and oxygen atoms in total. The summed E-state index contributed by atoms with van der Waals surface area (Å²) in [4.78, 5) is 28.0. The van der Waals surface area contributed by atoms with Crippen LogP contribution >= 0.6 is 0 Å². The highest BCUT2D eigenvalue weighted by Gasteiger charge is 2.33. The highest BCUT2D eigenvalue weighted by Crippen LogP contribution is 2.39. The SMILES string of the molecule is C[C@@H](NC(=O)CN1C(=O)/C(=C/c2ccccc2)Oc2ccc(C(C)(C)C)cc21)c1ccccc1. The Labute approximate surface area is 201 Å². The van der Waals surface area contributed by atoms with E-state index < -0.39 is 0 Å². The third kappa shape index (κ3) is 5.20. The molecule has 0 aromatic heterocycles. The minimum absolute atomic E-state index is 0.105. The fourth-order valence-electron chi connectivity index (χ4n) is 3.89. The number of nitrogens with zero attached hydrogens (tertiary/aromatic N) is 1. The van der Waals surface area contributed by atoms with Crippen molar-refractivity contribution in [2.24, 2.45) is 0 Å². The van der Waals surface area contributed by atoms with E-state index in [1.165, 1.54) is 4.90 Å². The van der Waals surface area contributed by atoms with Gasteiger partial charge < -0.3 is 10.1 Å². The van der Waals surface area contributed by atoms with Crippen molar-refractivity contribution < 1.29 is 14.3 Å². The average Bonchev–Trinajstić information content (AvgIpc) is 2.82. The molecule has 0 fully saturated rings. The predicted octanol–water partition coefficient (Wildman–Crippen LogP) is 5.63. The second-order valence-electron chi connectivity index (χ2n) is 9.55. The van der Waals surface area contributed by atoms with E-state index in [0.29, 0.717) is 11.4 Å². The third-order valence-corrected chi connectivity index (χ3v) is 5.87. The first-order chi connectivity index (χ1) is 16.2. The second-order valence-corrected chi connectivity index (χ2v) is 9.55. The molecule has 3 aromatic carbocycles. The van der Waals surface area contributed by atoms with Gasteiger partial charge in [0, 0.05) is 0 Å². The van der Waals surface area contributed by atoms with E-state index in [-0.39, 0.29) is 35.6 Å². The Morgan fingerprint density at radius 2 is 1.65 bits per heavy atom. The van der Waals surface area contributed by atoms with Crippen LogP contribution in [0.1, 0.15) is 50.4 Å². The molecule has 0 radical (unpaired) electrons. The van der Waals surface area contributed by atoms with Crippen LogP contribution in [0.5, 0.6) is 5.75 Å². The number of hydrogen-bond acceptors (Lipinski definition) is 3. The molecule has 0 unspecified atom stereocenters. The minimum Gasteiger partial charge on any atom is -0.449 e. The van der Waals surface area contributed by atoms with Crippen LogP contribution in [0.4, 0.5) is 5.69 Å². The molecule has 2 amide bonds. The van der Waals surface area contributed by atoms with E-state index >= 15 is 0 Å². The first kappa shape index (κ1) is 23.3. The first-order valence-electron chi connectivity index (χ1n) is 11.5. The summed E-state index contributed by atoms with van der Waals surface area (Å²) in [6, 6.07) is 24.9. The molecular formula is C29H30N2O3. The first-order valence-corrected chi connectivity index (χ1v) is 11.5. The number of benzene rings is 3. The molecule has 1 N–H and O–H groups in total. The van der Waals surface area contributed by atoms with Gasteiger partial charge >= 0.3 is 0 Å². The van der Waals surface area contributed by atoms with E-state index in [1.54, 1.807) is 6.08 Å². The number of carbonyl (C=O) groups excluding carboxylic acids is 2. The molecule has 0 aliphatic carbocycles. The van der Waals surface area contributed by atoms with Crippen molar-refractivity contribution in [1.29, 1.82) is 0 Å². The summed E-state index contributed by atoms with van der Waals surface area (Å²) in [5.74, 6) is 0.160. The summed E-state index contributed by atoms with van der Waals surface area (Å²) in [5, 5.41) is 3.01. The largest absolute Gasteiger partial charge is 0.449 e. The molecule has 174 valence electrons. The second kappa shape index (κ2) is 9.56. The average molecular weight is 455 g/mol. The number of nitrogens with one attached hydrogen (secondary N) is 1. The number of ether oxygens (including phenoxy) is 1. The predicted molar refractivity (Wildman–Crippen MR) is 136 cm³/mol. The van der Waals surface area contributed by atoms with Gasteiger partial charge in [0.05, 0.1) is 11.7 Å². The van der Waals surface area contributed by atoms with E-state index in [4.69, 9.17) is 4.74 Å². The summed E-state index contributed by atoms with van der Waals surface area (Å²) in [6.07, 6.45) is 1.71. The number of rotatable bonds is 5. The molecular weight excluding hydrogens is 424 g/mol. The maximum Gasteiger partial charge on any atom is 0.294 e. The lowest BCUT2D eigenvalue weighted by Crippen LogP contribution is -2.44. The van der Waals surface area contributed by atoms with E-state index in [1.807, 2.05) is 85.8 Å². The highest BCUT2D eigenvalue weighted by molar-refractivity contribution is 6.12. The van der Waals surface area contributed by atoms with Crippen molar-refractivity contribution in [3.05, 3.63) is 101 Å². The summed E-state index contributed by atoms with van der Waals surface area (Å²) >= 11 is 0. The topological polar surface area (TPSA) is 58.6 Å². The van der Waals surface area contributed by atoms with E-state index in [2.05, 4.69) is 26.1 Å². The highest BCUT2D eigenvalue weighted by atomic mass is 16.5. The monoisotopic (exact) mass is 454 g/mol. The van der Waals surface area contributed by atoms with Gasteiger partial charge in [0.1, 0.15) is 6.54 Å². The molecule has 3 aromatic rings. The van der Waals surface area contributed by atoms with Crippen LogP contribution in [0.25, 0.3) is 6.08 Å². The smallest absolute Gasteiger partial charge is 0.294 e. The molecule has 34 heavy (non-hydrogen) atoms. The summed E-state index contributed by atoms with van der Waals surface area (Å²) in [7, 11) is 0. The molecule has 0 spiro atoms. The zero-order valence-electron chi connectivity index (χ0n) is 20.0. The minimum atomic E-state index is -0.343. The lowest BCUT2D eigenvalue weighted by atomic mass is 9.86. The van der Waals surface area contributed by atoms with Gasteiger partial charge in [0.15, 0.2) is 11.5 Å². The maximum absolute atomic E-state index is 13.5. The number of carbonyl (C=O) groups is 2. The van der Waals surface area contributed by atoms with Crippen molar-refractivity contribution in [3.8, 4) is 5.75 Å². The van der Waals surface area contributed by atoms with Gasteiger partial charge in [-0.05, 0) is 47.2 Å². The number of fused-ring (bicyclic) bond motifs is 1. The Hall–Kier alpha value is -3.86. The van der Waals surface area contributed by atoms with Crippen LogP contribution in [-0.2, 0) is 15.0 Å². The Balaban J connectivity index is 1.66. The molecule has 0 saturated heterocycles. The lowest BCUT2D eigenvalue weighted by molar-refractivity contribution is -0.123. The fraction of sp³-hybridized carbons (Fsp3) is 0.241. The van der Waals surface area contributed by atoms with Gasteiger partial charge in [-0.1, -0.05) is 87.5 Å². The van der Waals surface area contributed by atoms with Crippen molar-refractivity contribution in [3.63, 3.8) is 0 Å². The molecule has 1 aliphatic heterocycles. The zero-order chi connectivity index (χ0) is 24.3. The van der Waals surface area contributed by atoms with Crippen molar-refractivity contribution in [2.45, 2.75) is 39.2 Å². The molecule has 4 rings (SSSR count). The van der Waals surface area contributed by atoms with Crippen LogP contribution < -0.4 is 15.0 Å². The van der Waals surface area contributed by atoms with Crippen LogP contribution in [0, 0.1) is 0 Å². The summed E-state index contributed by atoms with van der Waals surface area (Å²) in [5.41, 5.74) is 3.40. The fourth-order valence-corrected chi connectivity index (χ4v) is 3.89. The third-order valence-electron chi connectivity index (χ3n) is 5.87. The molecule has 1 heterocycles. The van der Waals surface area contributed by atoms with Gasteiger partial charge in [0.2, 0.25) is 5.91 Å². The van der Waals surface area contributed by atoms with Crippen LogP contribution in [-0.4, -0.2) is 18.4 Å². The van der Waals surface area contributed by atoms with Crippen molar-refractivity contribution in [2.75, 3.05) is 11.4 Å². The van der Waals surface area contributed by atoms with Gasteiger partial charge in [-0.25, -0.2) is 0 Å². The zero-order valence-corrected chi connectivity index (χ0v) is 20.0.